The van der Waals surface area contributed by atoms with Crippen molar-refractivity contribution in [1.82, 2.24) is 5.32 Å². The molecule has 0 aliphatic heterocycles. The number of amides is 1. The van der Waals surface area contributed by atoms with Gasteiger partial charge in [-0.15, -0.1) is 0 Å². The Balaban J connectivity index is 1.86. The molecule has 0 fully saturated rings. The number of rotatable bonds is 6. The molecule has 1 N–H and O–H groups in total. The zero-order valence-electron chi connectivity index (χ0n) is 16.7. The number of carbonyl (C=O) groups excluding carboxylic acids is 1. The Morgan fingerprint density at radius 1 is 1.28 bits per heavy atom. The molecule has 3 rings (SSSR count). The number of nitrogens with zero attached hydrogens (tertiary/aromatic N) is 1. The van der Waals surface area contributed by atoms with Crippen LogP contribution in [0.15, 0.2) is 42.5 Å². The minimum Gasteiger partial charge on any atom is -0.495 e. The van der Waals surface area contributed by atoms with E-state index < -0.39 is 16.1 Å². The molecule has 0 aromatic heterocycles. The summed E-state index contributed by atoms with van der Waals surface area (Å²) < 4.78 is 31.2. The summed E-state index contributed by atoms with van der Waals surface area (Å²) in [6.45, 7) is 1.57. The van der Waals surface area contributed by atoms with E-state index in [2.05, 4.69) is 11.4 Å². The Morgan fingerprint density at radius 3 is 2.66 bits per heavy atom. The van der Waals surface area contributed by atoms with Gasteiger partial charge in [-0.25, -0.2) is 8.42 Å². The minimum absolute atomic E-state index is 0.129. The average molecular weight is 437 g/mol. The number of sulfonamides is 1. The average Bonchev–Trinajstić information content (AvgIpc) is 2.67. The molecule has 0 saturated carbocycles. The molecule has 8 heteroatoms. The minimum atomic E-state index is -3.73. The van der Waals surface area contributed by atoms with Crippen LogP contribution in [0.3, 0.4) is 0 Å². The third-order valence-electron chi connectivity index (χ3n) is 5.16. The Bertz CT molecular complexity index is 1010. The van der Waals surface area contributed by atoms with Gasteiger partial charge in [0, 0.05) is 0 Å². The largest absolute Gasteiger partial charge is 0.495 e. The smallest absolute Gasteiger partial charge is 0.244 e. The lowest BCUT2D eigenvalue weighted by molar-refractivity contribution is -0.122. The number of benzene rings is 2. The van der Waals surface area contributed by atoms with Gasteiger partial charge >= 0.3 is 0 Å². The Hall–Kier alpha value is -2.25. The summed E-state index contributed by atoms with van der Waals surface area (Å²) in [5.74, 6) is 0.0730. The SMILES string of the molecule is COc1ccc(N([C@H](C)C(=O)N[C@@H]2CCCc3ccccc32)S(C)(=O)=O)cc1Cl. The number of anilines is 1. The third kappa shape index (κ3) is 4.67. The van der Waals surface area contributed by atoms with Gasteiger partial charge in [-0.2, -0.15) is 0 Å². The number of nitrogens with one attached hydrogen (secondary N) is 1. The second-order valence-corrected chi connectivity index (χ2v) is 9.47. The van der Waals surface area contributed by atoms with Crippen molar-refractivity contribution >= 4 is 33.2 Å². The van der Waals surface area contributed by atoms with E-state index in [4.69, 9.17) is 16.3 Å². The maximum Gasteiger partial charge on any atom is 0.244 e. The molecular formula is C21H25ClN2O4S. The fourth-order valence-corrected chi connectivity index (χ4v) is 5.22. The van der Waals surface area contributed by atoms with E-state index in [1.807, 2.05) is 18.2 Å². The maximum absolute atomic E-state index is 13.0. The van der Waals surface area contributed by atoms with E-state index in [9.17, 15) is 13.2 Å². The first-order chi connectivity index (χ1) is 13.7. The summed E-state index contributed by atoms with van der Waals surface area (Å²) in [6.07, 6.45) is 3.85. The van der Waals surface area contributed by atoms with Crippen molar-refractivity contribution in [2.45, 2.75) is 38.3 Å². The highest BCUT2D eigenvalue weighted by Gasteiger charge is 2.31. The van der Waals surface area contributed by atoms with Crippen LogP contribution in [-0.4, -0.2) is 33.7 Å². The number of hydrogen-bond acceptors (Lipinski definition) is 4. The predicted octanol–water partition coefficient (Wildman–Crippen LogP) is 3.70. The van der Waals surface area contributed by atoms with E-state index in [0.717, 1.165) is 35.4 Å². The molecule has 2 aromatic rings. The van der Waals surface area contributed by atoms with Crippen LogP contribution in [0.5, 0.6) is 5.75 Å². The Labute approximate surface area is 176 Å². The Morgan fingerprint density at radius 2 is 2.00 bits per heavy atom. The zero-order valence-corrected chi connectivity index (χ0v) is 18.3. The van der Waals surface area contributed by atoms with Crippen LogP contribution in [0.25, 0.3) is 0 Å². The van der Waals surface area contributed by atoms with Crippen LogP contribution in [0.1, 0.15) is 36.9 Å². The van der Waals surface area contributed by atoms with Crippen molar-refractivity contribution in [2.75, 3.05) is 17.7 Å². The first-order valence-corrected chi connectivity index (χ1v) is 11.7. The molecule has 1 aliphatic carbocycles. The lowest BCUT2D eigenvalue weighted by atomic mass is 9.87. The topological polar surface area (TPSA) is 75.7 Å². The molecular weight excluding hydrogens is 412 g/mol. The molecule has 0 unspecified atom stereocenters. The van der Waals surface area contributed by atoms with E-state index in [1.54, 1.807) is 19.1 Å². The van der Waals surface area contributed by atoms with Crippen LogP contribution < -0.4 is 14.4 Å². The lowest BCUT2D eigenvalue weighted by Gasteiger charge is -2.32. The molecule has 0 heterocycles. The second-order valence-electron chi connectivity index (χ2n) is 7.21. The van der Waals surface area contributed by atoms with Crippen molar-refractivity contribution in [3.05, 3.63) is 58.6 Å². The summed E-state index contributed by atoms with van der Waals surface area (Å²) in [5.41, 5.74) is 2.63. The molecule has 6 nitrogen and oxygen atoms in total. The Kier molecular flexibility index (Phi) is 6.39. The highest BCUT2D eigenvalue weighted by Crippen LogP contribution is 2.32. The number of halogens is 1. The molecule has 0 bridgehead atoms. The van der Waals surface area contributed by atoms with Crippen molar-refractivity contribution in [1.29, 1.82) is 0 Å². The van der Waals surface area contributed by atoms with Crippen molar-refractivity contribution in [3.63, 3.8) is 0 Å². The first-order valence-electron chi connectivity index (χ1n) is 9.43. The number of methoxy groups -OCH3 is 1. The fourth-order valence-electron chi connectivity index (χ4n) is 3.80. The molecule has 0 spiro atoms. The van der Waals surface area contributed by atoms with E-state index >= 15 is 0 Å². The van der Waals surface area contributed by atoms with Crippen LogP contribution in [0.2, 0.25) is 5.02 Å². The number of fused-ring (bicyclic) bond motifs is 1. The molecule has 0 saturated heterocycles. The predicted molar refractivity (Wildman–Crippen MR) is 115 cm³/mol. The summed E-state index contributed by atoms with van der Waals surface area (Å²) in [5, 5.41) is 3.30. The number of hydrogen-bond donors (Lipinski definition) is 1. The van der Waals surface area contributed by atoms with Gasteiger partial charge in [0.2, 0.25) is 15.9 Å². The van der Waals surface area contributed by atoms with E-state index in [0.29, 0.717) is 11.4 Å². The molecule has 2 aromatic carbocycles. The van der Waals surface area contributed by atoms with Gasteiger partial charge in [-0.1, -0.05) is 35.9 Å². The summed E-state index contributed by atoms with van der Waals surface area (Å²) in [4.78, 5) is 13.0. The number of ether oxygens (including phenoxy) is 1. The molecule has 29 heavy (non-hydrogen) atoms. The summed E-state index contributed by atoms with van der Waals surface area (Å²) in [6, 6.07) is 11.6. The quantitative estimate of drug-likeness (QED) is 0.749. The summed E-state index contributed by atoms with van der Waals surface area (Å²) >= 11 is 6.17. The van der Waals surface area contributed by atoms with Crippen LogP contribution in [0, 0.1) is 0 Å². The van der Waals surface area contributed by atoms with Crippen LogP contribution in [-0.2, 0) is 21.2 Å². The van der Waals surface area contributed by atoms with Crippen molar-refractivity contribution < 1.29 is 17.9 Å². The van der Waals surface area contributed by atoms with Gasteiger partial charge in [-0.3, -0.25) is 9.10 Å². The molecule has 1 amide bonds. The maximum atomic E-state index is 13.0. The van der Waals surface area contributed by atoms with Gasteiger partial charge in [0.25, 0.3) is 0 Å². The monoisotopic (exact) mass is 436 g/mol. The molecule has 2 atom stereocenters. The number of aryl methyl sites for hydroxylation is 1. The second kappa shape index (κ2) is 8.63. The molecule has 156 valence electrons. The normalized spacial score (nSPS) is 17.2. The van der Waals surface area contributed by atoms with Crippen molar-refractivity contribution in [2.24, 2.45) is 0 Å². The van der Waals surface area contributed by atoms with Gasteiger partial charge in [-0.05, 0) is 55.5 Å². The van der Waals surface area contributed by atoms with Gasteiger partial charge in [0.05, 0.1) is 30.1 Å². The summed E-state index contributed by atoms with van der Waals surface area (Å²) in [7, 11) is -2.25. The lowest BCUT2D eigenvalue weighted by Crippen LogP contribution is -2.49. The highest BCUT2D eigenvalue weighted by molar-refractivity contribution is 7.92. The van der Waals surface area contributed by atoms with E-state index in [-0.39, 0.29) is 17.0 Å². The first kappa shape index (κ1) is 21.5. The van der Waals surface area contributed by atoms with Gasteiger partial charge < -0.3 is 10.1 Å². The fraction of sp³-hybridized carbons (Fsp3) is 0.381. The third-order valence-corrected chi connectivity index (χ3v) is 6.70. The van der Waals surface area contributed by atoms with Crippen LogP contribution in [0.4, 0.5) is 5.69 Å². The molecule has 0 radical (unpaired) electrons. The van der Waals surface area contributed by atoms with Gasteiger partial charge in [0.15, 0.2) is 0 Å². The number of carbonyl (C=O) groups is 1. The van der Waals surface area contributed by atoms with Crippen LogP contribution >= 0.6 is 11.6 Å². The van der Waals surface area contributed by atoms with Gasteiger partial charge in [0.1, 0.15) is 11.8 Å². The zero-order chi connectivity index (χ0) is 21.2. The standard InChI is InChI=1S/C21H25ClN2O4S/c1-14(21(25)23-19-10-6-8-15-7-4-5-9-17(15)19)24(29(3,26)27)16-11-12-20(28-2)18(22)13-16/h4-5,7,9,11-14,19H,6,8,10H2,1-3H3,(H,23,25)/t14-,19-/m1/s1. The van der Waals surface area contributed by atoms with Crippen molar-refractivity contribution in [3.8, 4) is 5.75 Å². The molecule has 1 aliphatic rings. The highest BCUT2D eigenvalue weighted by atomic mass is 35.5. The van der Waals surface area contributed by atoms with E-state index in [1.165, 1.54) is 18.7 Å².